The number of para-hydroxylation sites is 2. The minimum absolute atomic E-state index is 0.120. The highest BCUT2D eigenvalue weighted by molar-refractivity contribution is 5.94. The Hall–Kier alpha value is -2.93. The lowest BCUT2D eigenvalue weighted by atomic mass is 10.2. The highest BCUT2D eigenvalue weighted by Crippen LogP contribution is 2.23. The number of ether oxygens (including phenoxy) is 1. The Bertz CT molecular complexity index is 731. The molecule has 0 aromatic heterocycles. The first kappa shape index (κ1) is 18.4. The molecule has 0 saturated heterocycles. The summed E-state index contributed by atoms with van der Waals surface area (Å²) in [5.41, 5.74) is 1.13. The lowest BCUT2D eigenvalue weighted by Crippen LogP contribution is -2.30. The lowest BCUT2D eigenvalue weighted by molar-refractivity contribution is -0.383. The van der Waals surface area contributed by atoms with Crippen molar-refractivity contribution in [3.05, 3.63) is 64.2 Å². The van der Waals surface area contributed by atoms with Gasteiger partial charge in [-0.05, 0) is 37.7 Å². The SMILES string of the molecule is CCOc1ccc(CN(C)CC(=O)Nc2ccccc2[N+](=O)[O-])cc1. The van der Waals surface area contributed by atoms with E-state index in [4.69, 9.17) is 4.74 Å². The number of hydrogen-bond donors (Lipinski definition) is 1. The summed E-state index contributed by atoms with van der Waals surface area (Å²) >= 11 is 0. The van der Waals surface area contributed by atoms with Gasteiger partial charge in [-0.3, -0.25) is 19.8 Å². The molecule has 2 aromatic rings. The van der Waals surface area contributed by atoms with Crippen molar-refractivity contribution in [2.75, 3.05) is 25.5 Å². The van der Waals surface area contributed by atoms with Crippen LogP contribution >= 0.6 is 0 Å². The van der Waals surface area contributed by atoms with Crippen LogP contribution in [0.2, 0.25) is 0 Å². The highest BCUT2D eigenvalue weighted by atomic mass is 16.6. The van der Waals surface area contributed by atoms with Gasteiger partial charge in [0.15, 0.2) is 0 Å². The molecule has 1 amide bonds. The number of nitro benzene ring substituents is 1. The maximum Gasteiger partial charge on any atom is 0.292 e. The van der Waals surface area contributed by atoms with E-state index >= 15 is 0 Å². The van der Waals surface area contributed by atoms with Crippen LogP contribution in [0.1, 0.15) is 12.5 Å². The Labute approximate surface area is 146 Å². The topological polar surface area (TPSA) is 84.7 Å². The molecule has 1 N–H and O–H groups in total. The number of nitrogens with zero attached hydrogens (tertiary/aromatic N) is 2. The van der Waals surface area contributed by atoms with Gasteiger partial charge in [-0.1, -0.05) is 24.3 Å². The molecule has 0 bridgehead atoms. The number of amides is 1. The molecule has 0 spiro atoms. The Morgan fingerprint density at radius 3 is 2.52 bits per heavy atom. The van der Waals surface area contributed by atoms with Crippen LogP contribution in [0, 0.1) is 10.1 Å². The Balaban J connectivity index is 1.91. The fourth-order valence-electron chi connectivity index (χ4n) is 2.40. The molecule has 7 nitrogen and oxygen atoms in total. The fraction of sp³-hybridized carbons (Fsp3) is 0.278. The third-order valence-electron chi connectivity index (χ3n) is 3.48. The third-order valence-corrected chi connectivity index (χ3v) is 3.48. The summed E-state index contributed by atoms with van der Waals surface area (Å²) in [6.45, 7) is 3.25. The largest absolute Gasteiger partial charge is 0.494 e. The molecule has 25 heavy (non-hydrogen) atoms. The van der Waals surface area contributed by atoms with E-state index < -0.39 is 4.92 Å². The molecule has 0 saturated carbocycles. The standard InChI is InChI=1S/C18H21N3O4/c1-3-25-15-10-8-14(9-11-15)12-20(2)13-18(22)19-16-6-4-5-7-17(16)21(23)24/h4-11H,3,12-13H2,1-2H3,(H,19,22). The molecule has 0 radical (unpaired) electrons. The van der Waals surface area contributed by atoms with E-state index in [2.05, 4.69) is 5.32 Å². The number of nitro groups is 1. The summed E-state index contributed by atoms with van der Waals surface area (Å²) in [5, 5.41) is 13.6. The fourth-order valence-corrected chi connectivity index (χ4v) is 2.40. The van der Waals surface area contributed by atoms with Crippen molar-refractivity contribution in [1.29, 1.82) is 0 Å². The molecular formula is C18H21N3O4. The minimum Gasteiger partial charge on any atom is -0.494 e. The minimum atomic E-state index is -0.515. The van der Waals surface area contributed by atoms with Crippen molar-refractivity contribution in [3.63, 3.8) is 0 Å². The van der Waals surface area contributed by atoms with Gasteiger partial charge in [0.05, 0.1) is 18.1 Å². The van der Waals surface area contributed by atoms with Gasteiger partial charge >= 0.3 is 0 Å². The number of hydrogen-bond acceptors (Lipinski definition) is 5. The van der Waals surface area contributed by atoms with E-state index in [0.717, 1.165) is 11.3 Å². The summed E-state index contributed by atoms with van der Waals surface area (Å²) in [6.07, 6.45) is 0. The molecule has 0 aliphatic rings. The first-order valence-electron chi connectivity index (χ1n) is 7.93. The van der Waals surface area contributed by atoms with Crippen molar-refractivity contribution in [3.8, 4) is 5.75 Å². The number of nitrogens with one attached hydrogen (secondary N) is 1. The average Bonchev–Trinajstić information content (AvgIpc) is 2.57. The van der Waals surface area contributed by atoms with Crippen molar-refractivity contribution in [2.24, 2.45) is 0 Å². The molecule has 0 heterocycles. The zero-order chi connectivity index (χ0) is 18.2. The number of benzene rings is 2. The maximum absolute atomic E-state index is 12.1. The number of carbonyl (C=O) groups excluding carboxylic acids is 1. The van der Waals surface area contributed by atoms with Gasteiger partial charge in [-0.15, -0.1) is 0 Å². The Morgan fingerprint density at radius 2 is 1.88 bits per heavy atom. The maximum atomic E-state index is 12.1. The van der Waals surface area contributed by atoms with Gasteiger partial charge in [0, 0.05) is 12.6 Å². The second kappa shape index (κ2) is 8.79. The second-order valence-electron chi connectivity index (χ2n) is 5.57. The number of likely N-dealkylation sites (N-methyl/N-ethyl adjacent to an activating group) is 1. The first-order valence-corrected chi connectivity index (χ1v) is 7.93. The summed E-state index contributed by atoms with van der Waals surface area (Å²) in [7, 11) is 1.81. The van der Waals surface area contributed by atoms with E-state index in [-0.39, 0.29) is 23.8 Å². The van der Waals surface area contributed by atoms with Crippen molar-refractivity contribution in [1.82, 2.24) is 4.90 Å². The van der Waals surface area contributed by atoms with Crippen LogP contribution in [-0.4, -0.2) is 35.9 Å². The molecule has 0 aliphatic carbocycles. The van der Waals surface area contributed by atoms with Crippen molar-refractivity contribution >= 4 is 17.3 Å². The molecule has 132 valence electrons. The smallest absolute Gasteiger partial charge is 0.292 e. The van der Waals surface area contributed by atoms with Gasteiger partial charge in [0.25, 0.3) is 5.69 Å². The van der Waals surface area contributed by atoms with Crippen molar-refractivity contribution in [2.45, 2.75) is 13.5 Å². The summed E-state index contributed by atoms with van der Waals surface area (Å²) in [4.78, 5) is 24.4. The van der Waals surface area contributed by atoms with E-state index in [1.807, 2.05) is 43.1 Å². The zero-order valence-electron chi connectivity index (χ0n) is 14.3. The highest BCUT2D eigenvalue weighted by Gasteiger charge is 2.15. The molecule has 2 rings (SSSR count). The summed E-state index contributed by atoms with van der Waals surface area (Å²) in [5.74, 6) is 0.505. The van der Waals surface area contributed by atoms with E-state index in [0.29, 0.717) is 13.2 Å². The monoisotopic (exact) mass is 343 g/mol. The number of carbonyl (C=O) groups is 1. The molecule has 0 fully saturated rings. The van der Waals surface area contributed by atoms with E-state index in [9.17, 15) is 14.9 Å². The predicted molar refractivity (Wildman–Crippen MR) is 95.7 cm³/mol. The quantitative estimate of drug-likeness (QED) is 0.588. The Kier molecular flexibility index (Phi) is 6.47. The Morgan fingerprint density at radius 1 is 1.20 bits per heavy atom. The van der Waals surface area contributed by atoms with E-state index in [1.165, 1.54) is 12.1 Å². The van der Waals surface area contributed by atoms with Crippen LogP contribution in [0.4, 0.5) is 11.4 Å². The number of anilines is 1. The predicted octanol–water partition coefficient (Wildman–Crippen LogP) is 3.06. The molecule has 0 aliphatic heterocycles. The van der Waals surface area contributed by atoms with Crippen LogP contribution in [0.5, 0.6) is 5.75 Å². The van der Waals surface area contributed by atoms with Crippen LogP contribution in [0.15, 0.2) is 48.5 Å². The average molecular weight is 343 g/mol. The zero-order valence-corrected chi connectivity index (χ0v) is 14.3. The van der Waals surface area contributed by atoms with Gasteiger partial charge in [-0.25, -0.2) is 0 Å². The summed E-state index contributed by atoms with van der Waals surface area (Å²) in [6, 6.07) is 13.8. The van der Waals surface area contributed by atoms with Crippen molar-refractivity contribution < 1.29 is 14.5 Å². The molecule has 7 heteroatoms. The van der Waals surface area contributed by atoms with Gasteiger partial charge in [0.1, 0.15) is 11.4 Å². The van der Waals surface area contributed by atoms with Gasteiger partial charge < -0.3 is 10.1 Å². The molecule has 2 aromatic carbocycles. The molecule has 0 atom stereocenters. The van der Waals surface area contributed by atoms with Gasteiger partial charge in [0.2, 0.25) is 5.91 Å². The van der Waals surface area contributed by atoms with Crippen LogP contribution in [0.25, 0.3) is 0 Å². The van der Waals surface area contributed by atoms with Crippen LogP contribution in [-0.2, 0) is 11.3 Å². The van der Waals surface area contributed by atoms with Gasteiger partial charge in [-0.2, -0.15) is 0 Å². The first-order chi connectivity index (χ1) is 12.0. The number of rotatable bonds is 8. The normalized spacial score (nSPS) is 10.5. The summed E-state index contributed by atoms with van der Waals surface area (Å²) < 4.78 is 5.39. The van der Waals surface area contributed by atoms with E-state index in [1.54, 1.807) is 12.1 Å². The van der Waals surface area contributed by atoms with Crippen LogP contribution in [0.3, 0.4) is 0 Å². The molecular weight excluding hydrogens is 322 g/mol. The molecule has 0 unspecified atom stereocenters. The lowest BCUT2D eigenvalue weighted by Gasteiger charge is -2.16. The van der Waals surface area contributed by atoms with Crippen LogP contribution < -0.4 is 10.1 Å². The third kappa shape index (κ3) is 5.58. The second-order valence-corrected chi connectivity index (χ2v) is 5.57.